The van der Waals surface area contributed by atoms with Crippen LogP contribution in [0, 0.1) is 0 Å². The third-order valence-corrected chi connectivity index (χ3v) is 4.44. The minimum absolute atomic E-state index is 0.0592. The van der Waals surface area contributed by atoms with Crippen molar-refractivity contribution in [1.82, 2.24) is 5.32 Å². The molecule has 1 fully saturated rings. The molecule has 1 aromatic carbocycles. The normalized spacial score (nSPS) is 20.5. The number of esters is 1. The first kappa shape index (κ1) is 18.5. The van der Waals surface area contributed by atoms with Crippen LogP contribution in [0.15, 0.2) is 30.3 Å². The summed E-state index contributed by atoms with van der Waals surface area (Å²) in [6.07, 6.45) is -1.73. The molecule has 1 heterocycles. The number of carbonyl (C=O) groups is 3. The topological polar surface area (TPSA) is 81.7 Å². The van der Waals surface area contributed by atoms with Crippen LogP contribution in [0.5, 0.6) is 0 Å². The molecule has 1 saturated heterocycles. The van der Waals surface area contributed by atoms with E-state index >= 15 is 0 Å². The Morgan fingerprint density at radius 2 is 1.92 bits per heavy atom. The molecule has 0 saturated carbocycles. The summed E-state index contributed by atoms with van der Waals surface area (Å²) in [6.45, 7) is 5.49. The summed E-state index contributed by atoms with van der Waals surface area (Å²) in [4.78, 5) is 35.1. The lowest BCUT2D eigenvalue weighted by Gasteiger charge is -2.23. The number of hydrogen-bond donors (Lipinski definition) is 1. The fraction of sp³-hybridized carbons (Fsp3) is 0.471. The Kier molecular flexibility index (Phi) is 6.01. The summed E-state index contributed by atoms with van der Waals surface area (Å²) < 4.78 is 10.3. The summed E-state index contributed by atoms with van der Waals surface area (Å²) in [6, 6.07) is 9.10. The predicted molar refractivity (Wildman–Crippen MR) is 90.1 cm³/mol. The minimum Gasteiger partial charge on any atom is -0.429 e. The van der Waals surface area contributed by atoms with Crippen LogP contribution in [-0.4, -0.2) is 34.4 Å². The van der Waals surface area contributed by atoms with Crippen LogP contribution in [-0.2, 0) is 23.9 Å². The molecule has 2 unspecified atom stereocenters. The van der Waals surface area contributed by atoms with E-state index in [2.05, 4.69) is 5.32 Å². The second kappa shape index (κ2) is 7.81. The number of cyclic esters (lactones) is 1. The minimum atomic E-state index is -0.897. The Hall–Kier alpha value is -1.86. The van der Waals surface area contributed by atoms with Gasteiger partial charge < -0.3 is 14.8 Å². The second-order valence-corrected chi connectivity index (χ2v) is 7.92. The highest BCUT2D eigenvalue weighted by atomic mass is 32.2. The van der Waals surface area contributed by atoms with Gasteiger partial charge in [-0.2, -0.15) is 0 Å². The van der Waals surface area contributed by atoms with Crippen molar-refractivity contribution in [3.8, 4) is 0 Å². The summed E-state index contributed by atoms with van der Waals surface area (Å²) >= 11 is 1.09. The molecule has 1 amide bonds. The lowest BCUT2D eigenvalue weighted by molar-refractivity contribution is -0.144. The van der Waals surface area contributed by atoms with Crippen LogP contribution < -0.4 is 5.32 Å². The third-order valence-electron chi connectivity index (χ3n) is 3.35. The summed E-state index contributed by atoms with van der Waals surface area (Å²) in [5.41, 5.74) is 0.736. The number of benzene rings is 1. The molecule has 0 bridgehead atoms. The fourth-order valence-corrected chi connectivity index (χ4v) is 3.17. The first-order valence-corrected chi connectivity index (χ1v) is 8.46. The van der Waals surface area contributed by atoms with E-state index in [1.165, 1.54) is 6.92 Å². The number of carbonyl (C=O) groups excluding carboxylic acids is 3. The molecule has 7 heteroatoms. The van der Waals surface area contributed by atoms with Gasteiger partial charge in [0.1, 0.15) is 0 Å². The summed E-state index contributed by atoms with van der Waals surface area (Å²) in [5, 5.41) is 2.51. The van der Waals surface area contributed by atoms with Gasteiger partial charge in [-0.25, -0.2) is 4.79 Å². The predicted octanol–water partition coefficient (Wildman–Crippen LogP) is 2.19. The number of rotatable bonds is 6. The number of hydrogen-bond acceptors (Lipinski definition) is 6. The van der Waals surface area contributed by atoms with Crippen molar-refractivity contribution in [2.24, 2.45) is 0 Å². The molecule has 2 rings (SSSR count). The Morgan fingerprint density at radius 1 is 1.25 bits per heavy atom. The first-order valence-electron chi connectivity index (χ1n) is 7.64. The molecular formula is C17H21NO5S. The van der Waals surface area contributed by atoms with Gasteiger partial charge in [0.2, 0.25) is 12.2 Å². The molecule has 2 atom stereocenters. The van der Waals surface area contributed by atoms with Crippen molar-refractivity contribution in [1.29, 1.82) is 0 Å². The molecule has 0 aromatic heterocycles. The molecule has 130 valence electrons. The van der Waals surface area contributed by atoms with Gasteiger partial charge in [-0.05, 0) is 13.8 Å². The van der Waals surface area contributed by atoms with Gasteiger partial charge in [0.15, 0.2) is 11.2 Å². The standard InChI is InChI=1S/C17H21NO5S/c1-11(19)18-10-17(2,3)24-14(20)9-13-15(21)23-16(22-13)12-7-5-4-6-8-12/h4-8,13,16H,9-10H2,1-3H3,(H,18,19). The van der Waals surface area contributed by atoms with Gasteiger partial charge in [0, 0.05) is 23.8 Å². The zero-order valence-electron chi connectivity index (χ0n) is 13.9. The summed E-state index contributed by atoms with van der Waals surface area (Å²) in [5.74, 6) is -0.679. The number of amides is 1. The van der Waals surface area contributed by atoms with E-state index in [-0.39, 0.29) is 17.4 Å². The Balaban J connectivity index is 1.88. The zero-order valence-corrected chi connectivity index (χ0v) is 14.7. The van der Waals surface area contributed by atoms with Gasteiger partial charge in [-0.3, -0.25) is 9.59 Å². The van der Waals surface area contributed by atoms with Gasteiger partial charge >= 0.3 is 5.97 Å². The maximum Gasteiger partial charge on any atom is 0.338 e. The van der Waals surface area contributed by atoms with E-state index < -0.39 is 23.1 Å². The molecule has 1 aliphatic rings. The van der Waals surface area contributed by atoms with Gasteiger partial charge in [-0.1, -0.05) is 42.1 Å². The molecule has 6 nitrogen and oxygen atoms in total. The van der Waals surface area contributed by atoms with Crippen molar-refractivity contribution < 1.29 is 23.9 Å². The highest BCUT2D eigenvalue weighted by molar-refractivity contribution is 8.14. The van der Waals surface area contributed by atoms with Crippen molar-refractivity contribution in [2.75, 3.05) is 6.54 Å². The quantitative estimate of drug-likeness (QED) is 0.791. The Bertz CT molecular complexity index is 617. The van der Waals surface area contributed by atoms with E-state index in [4.69, 9.17) is 9.47 Å². The molecule has 24 heavy (non-hydrogen) atoms. The second-order valence-electron chi connectivity index (χ2n) is 6.15. The molecule has 0 spiro atoms. The maximum absolute atomic E-state index is 12.2. The van der Waals surface area contributed by atoms with Gasteiger partial charge in [-0.15, -0.1) is 0 Å². The van der Waals surface area contributed by atoms with Crippen LogP contribution in [0.25, 0.3) is 0 Å². The van der Waals surface area contributed by atoms with E-state index in [0.29, 0.717) is 6.54 Å². The lowest BCUT2D eigenvalue weighted by Crippen LogP contribution is -2.36. The molecule has 0 radical (unpaired) electrons. The largest absolute Gasteiger partial charge is 0.429 e. The zero-order chi connectivity index (χ0) is 17.7. The number of ether oxygens (including phenoxy) is 2. The smallest absolute Gasteiger partial charge is 0.338 e. The van der Waals surface area contributed by atoms with Crippen molar-refractivity contribution in [3.63, 3.8) is 0 Å². The van der Waals surface area contributed by atoms with Crippen molar-refractivity contribution >= 4 is 28.8 Å². The van der Waals surface area contributed by atoms with Crippen LogP contribution in [0.1, 0.15) is 39.0 Å². The highest BCUT2D eigenvalue weighted by Crippen LogP contribution is 2.32. The van der Waals surface area contributed by atoms with Gasteiger partial charge in [0.05, 0.1) is 6.42 Å². The maximum atomic E-state index is 12.2. The van der Waals surface area contributed by atoms with Crippen LogP contribution in [0.3, 0.4) is 0 Å². The monoisotopic (exact) mass is 351 g/mol. The molecule has 1 aromatic rings. The summed E-state index contributed by atoms with van der Waals surface area (Å²) in [7, 11) is 0. The highest BCUT2D eigenvalue weighted by Gasteiger charge is 2.38. The Labute approximate surface area is 145 Å². The van der Waals surface area contributed by atoms with E-state index in [9.17, 15) is 14.4 Å². The molecular weight excluding hydrogens is 330 g/mol. The van der Waals surface area contributed by atoms with E-state index in [1.807, 2.05) is 32.0 Å². The van der Waals surface area contributed by atoms with E-state index in [1.54, 1.807) is 12.1 Å². The molecule has 0 aliphatic carbocycles. The Morgan fingerprint density at radius 3 is 2.54 bits per heavy atom. The van der Waals surface area contributed by atoms with Gasteiger partial charge in [0.25, 0.3) is 0 Å². The molecule has 1 aliphatic heterocycles. The first-order chi connectivity index (χ1) is 11.3. The van der Waals surface area contributed by atoms with Crippen LogP contribution in [0.2, 0.25) is 0 Å². The van der Waals surface area contributed by atoms with Crippen molar-refractivity contribution in [3.05, 3.63) is 35.9 Å². The number of nitrogens with one attached hydrogen (secondary N) is 1. The lowest BCUT2D eigenvalue weighted by atomic mass is 10.2. The van der Waals surface area contributed by atoms with Crippen LogP contribution in [0.4, 0.5) is 0 Å². The fourth-order valence-electron chi connectivity index (χ4n) is 2.18. The number of thioether (sulfide) groups is 1. The van der Waals surface area contributed by atoms with E-state index in [0.717, 1.165) is 17.3 Å². The van der Waals surface area contributed by atoms with Crippen LogP contribution >= 0.6 is 11.8 Å². The third kappa shape index (κ3) is 5.35. The average molecular weight is 351 g/mol. The SMILES string of the molecule is CC(=O)NCC(C)(C)SC(=O)CC1OC(c2ccccc2)OC1=O. The van der Waals surface area contributed by atoms with Crippen molar-refractivity contribution in [2.45, 2.75) is 44.3 Å². The average Bonchev–Trinajstić information content (AvgIpc) is 2.87. The molecule has 1 N–H and O–H groups in total.